The average molecular weight is 359 g/mol. The van der Waals surface area contributed by atoms with Crippen LogP contribution in [-0.4, -0.2) is 27.4 Å². The molecule has 0 spiro atoms. The molecule has 4 rings (SSSR count). The van der Waals surface area contributed by atoms with Crippen LogP contribution in [0.1, 0.15) is 0 Å². The summed E-state index contributed by atoms with van der Waals surface area (Å²) in [5.41, 5.74) is 1.89. The molecule has 0 amide bonds. The van der Waals surface area contributed by atoms with Crippen LogP contribution in [0.15, 0.2) is 59.6 Å². The Balaban J connectivity index is 1.75. The van der Waals surface area contributed by atoms with E-state index in [9.17, 15) is 8.42 Å². The Bertz CT molecular complexity index is 1100. The van der Waals surface area contributed by atoms with Crippen molar-refractivity contribution >= 4 is 32.0 Å². The lowest BCUT2D eigenvalue weighted by Crippen LogP contribution is -2.14. The smallest absolute Gasteiger partial charge is 0.280 e. The molecule has 0 fully saturated rings. The lowest BCUT2D eigenvalue weighted by atomic mass is 10.1. The molecule has 0 saturated carbocycles. The van der Waals surface area contributed by atoms with Gasteiger partial charge in [0.05, 0.1) is 17.7 Å². The number of nitrogens with zero attached hydrogens (tertiary/aromatic N) is 4. The molecule has 3 aromatic heterocycles. The van der Waals surface area contributed by atoms with Crippen LogP contribution in [-0.2, 0) is 17.1 Å². The van der Waals surface area contributed by atoms with Crippen LogP contribution in [0, 0.1) is 0 Å². The fourth-order valence-electron chi connectivity index (χ4n) is 2.38. The van der Waals surface area contributed by atoms with E-state index in [0.717, 1.165) is 4.96 Å². The molecule has 1 aromatic carbocycles. The summed E-state index contributed by atoms with van der Waals surface area (Å²) in [5.74, 6) is 0. The molecular formula is C15H13N5O2S2. The molecule has 24 heavy (non-hydrogen) atoms. The van der Waals surface area contributed by atoms with Crippen molar-refractivity contribution in [3.63, 3.8) is 0 Å². The molecule has 0 radical (unpaired) electrons. The van der Waals surface area contributed by atoms with Gasteiger partial charge >= 0.3 is 0 Å². The number of para-hydroxylation sites is 1. The van der Waals surface area contributed by atoms with Gasteiger partial charge in [0, 0.05) is 36.6 Å². The fourth-order valence-corrected chi connectivity index (χ4v) is 4.14. The van der Waals surface area contributed by atoms with Crippen molar-refractivity contribution in [1.82, 2.24) is 18.9 Å². The summed E-state index contributed by atoms with van der Waals surface area (Å²) in [5, 5.41) is 1.92. The van der Waals surface area contributed by atoms with Gasteiger partial charge in [0.15, 0.2) is 9.99 Å². The lowest BCUT2D eigenvalue weighted by molar-refractivity contribution is 0.598. The third-order valence-corrected chi connectivity index (χ3v) is 5.52. The van der Waals surface area contributed by atoms with Crippen molar-refractivity contribution in [2.75, 3.05) is 4.72 Å². The van der Waals surface area contributed by atoms with Crippen molar-refractivity contribution in [3.8, 4) is 11.3 Å². The number of hydrogen-bond acceptors (Lipinski definition) is 5. The van der Waals surface area contributed by atoms with Gasteiger partial charge in [-0.2, -0.15) is 8.42 Å². The molecule has 9 heteroatoms. The molecular weight excluding hydrogens is 346 g/mol. The zero-order valence-electron chi connectivity index (χ0n) is 12.6. The Morgan fingerprint density at radius 2 is 2.04 bits per heavy atom. The highest BCUT2D eigenvalue weighted by Gasteiger charge is 2.19. The van der Waals surface area contributed by atoms with Gasteiger partial charge in [-0.15, -0.1) is 11.3 Å². The highest BCUT2D eigenvalue weighted by atomic mass is 32.2. The molecule has 0 unspecified atom stereocenters. The van der Waals surface area contributed by atoms with Crippen LogP contribution >= 0.6 is 11.3 Å². The molecule has 0 aliphatic carbocycles. The van der Waals surface area contributed by atoms with Gasteiger partial charge in [-0.05, 0) is 6.07 Å². The van der Waals surface area contributed by atoms with Gasteiger partial charge < -0.3 is 4.57 Å². The number of sulfonamides is 1. The Hall–Kier alpha value is -2.65. The Kier molecular flexibility index (Phi) is 3.39. The molecule has 0 saturated heterocycles. The Labute approximate surface area is 142 Å². The van der Waals surface area contributed by atoms with E-state index in [4.69, 9.17) is 0 Å². The summed E-state index contributed by atoms with van der Waals surface area (Å²) in [4.78, 5) is 9.30. The summed E-state index contributed by atoms with van der Waals surface area (Å²) in [6.07, 6.45) is 6.69. The van der Waals surface area contributed by atoms with Gasteiger partial charge in [-0.1, -0.05) is 18.2 Å². The molecule has 1 N–H and O–H groups in total. The molecule has 4 aromatic rings. The third-order valence-electron chi connectivity index (χ3n) is 3.50. The number of fused-ring (bicyclic) bond motifs is 1. The SMILES string of the molecule is Cn1cnc(S(=O)(=O)Nc2ccccc2-c2cn3ccsc3n2)c1. The number of hydrogen-bond donors (Lipinski definition) is 1. The third kappa shape index (κ3) is 2.57. The van der Waals surface area contributed by atoms with E-state index in [1.807, 2.05) is 34.3 Å². The predicted molar refractivity (Wildman–Crippen MR) is 92.5 cm³/mol. The van der Waals surface area contributed by atoms with Gasteiger partial charge in [0.25, 0.3) is 10.0 Å². The van der Waals surface area contributed by atoms with Crippen LogP contribution in [0.2, 0.25) is 0 Å². The lowest BCUT2D eigenvalue weighted by Gasteiger charge is -2.09. The van der Waals surface area contributed by atoms with Crippen LogP contribution in [0.4, 0.5) is 5.69 Å². The minimum absolute atomic E-state index is 0.0226. The van der Waals surface area contributed by atoms with Crippen LogP contribution in [0.25, 0.3) is 16.2 Å². The fraction of sp³-hybridized carbons (Fsp3) is 0.0667. The number of anilines is 1. The van der Waals surface area contributed by atoms with E-state index in [0.29, 0.717) is 16.9 Å². The number of aryl methyl sites for hydroxylation is 1. The number of rotatable bonds is 4. The van der Waals surface area contributed by atoms with E-state index >= 15 is 0 Å². The zero-order valence-corrected chi connectivity index (χ0v) is 14.3. The number of benzene rings is 1. The van der Waals surface area contributed by atoms with Crippen LogP contribution < -0.4 is 4.72 Å². The molecule has 0 bridgehead atoms. The predicted octanol–water partition coefficient (Wildman–Crippen LogP) is 2.60. The minimum Gasteiger partial charge on any atom is -0.339 e. The molecule has 0 aliphatic heterocycles. The monoisotopic (exact) mass is 359 g/mol. The molecule has 7 nitrogen and oxygen atoms in total. The van der Waals surface area contributed by atoms with Crippen molar-refractivity contribution in [1.29, 1.82) is 0 Å². The second kappa shape index (κ2) is 5.46. The van der Waals surface area contributed by atoms with Gasteiger partial charge in [-0.3, -0.25) is 9.12 Å². The van der Waals surface area contributed by atoms with E-state index in [1.165, 1.54) is 23.9 Å². The normalized spacial score (nSPS) is 11.9. The standard InChI is InChI=1S/C15H13N5O2S2/c1-19-9-14(16-10-19)24(21,22)18-12-5-3-2-4-11(12)13-8-20-6-7-23-15(20)17-13/h2-10,18H,1H3. The van der Waals surface area contributed by atoms with Crippen molar-refractivity contribution < 1.29 is 8.42 Å². The zero-order chi connectivity index (χ0) is 16.7. The maximum Gasteiger partial charge on any atom is 0.280 e. The first-order valence-electron chi connectivity index (χ1n) is 7.05. The van der Waals surface area contributed by atoms with Crippen molar-refractivity contribution in [2.45, 2.75) is 5.03 Å². The first-order chi connectivity index (χ1) is 11.5. The first-order valence-corrected chi connectivity index (χ1v) is 9.41. The second-order valence-electron chi connectivity index (χ2n) is 5.25. The second-order valence-corrected chi connectivity index (χ2v) is 7.75. The summed E-state index contributed by atoms with van der Waals surface area (Å²) in [7, 11) is -2.03. The van der Waals surface area contributed by atoms with Gasteiger partial charge in [0.2, 0.25) is 0 Å². The van der Waals surface area contributed by atoms with E-state index in [2.05, 4.69) is 14.7 Å². The number of imidazole rings is 2. The molecule has 0 aliphatic rings. The van der Waals surface area contributed by atoms with Gasteiger partial charge in [0.1, 0.15) is 0 Å². The highest BCUT2D eigenvalue weighted by molar-refractivity contribution is 7.92. The molecule has 122 valence electrons. The first kappa shape index (κ1) is 14.9. The maximum atomic E-state index is 12.5. The van der Waals surface area contributed by atoms with E-state index in [-0.39, 0.29) is 5.03 Å². The largest absolute Gasteiger partial charge is 0.339 e. The Morgan fingerprint density at radius 1 is 1.21 bits per heavy atom. The van der Waals surface area contributed by atoms with Crippen LogP contribution in [0.5, 0.6) is 0 Å². The average Bonchev–Trinajstić information content (AvgIpc) is 3.22. The molecule has 3 heterocycles. The summed E-state index contributed by atoms with van der Waals surface area (Å²) < 4.78 is 31.1. The van der Waals surface area contributed by atoms with E-state index in [1.54, 1.807) is 23.7 Å². The van der Waals surface area contributed by atoms with Gasteiger partial charge in [-0.25, -0.2) is 9.97 Å². The number of thiazole rings is 1. The van der Waals surface area contributed by atoms with Crippen molar-refractivity contribution in [2.24, 2.45) is 7.05 Å². The van der Waals surface area contributed by atoms with E-state index < -0.39 is 10.0 Å². The summed E-state index contributed by atoms with van der Waals surface area (Å²) >= 11 is 1.52. The number of aromatic nitrogens is 4. The van der Waals surface area contributed by atoms with Crippen molar-refractivity contribution in [3.05, 3.63) is 54.6 Å². The minimum atomic E-state index is -3.75. The number of nitrogens with one attached hydrogen (secondary N) is 1. The summed E-state index contributed by atoms with van der Waals surface area (Å²) in [6, 6.07) is 7.17. The Morgan fingerprint density at radius 3 is 2.79 bits per heavy atom. The molecule has 0 atom stereocenters. The topological polar surface area (TPSA) is 81.3 Å². The quantitative estimate of drug-likeness (QED) is 0.607. The van der Waals surface area contributed by atoms with Crippen LogP contribution in [0.3, 0.4) is 0 Å². The summed E-state index contributed by atoms with van der Waals surface area (Å²) in [6.45, 7) is 0. The maximum absolute atomic E-state index is 12.5. The highest BCUT2D eigenvalue weighted by Crippen LogP contribution is 2.29.